The number of fused-ring (bicyclic) bond motifs is 1. The fourth-order valence-corrected chi connectivity index (χ4v) is 8.91. The zero-order valence-corrected chi connectivity index (χ0v) is 17.5. The molecule has 0 amide bonds. The number of sulfonamides is 1. The summed E-state index contributed by atoms with van der Waals surface area (Å²) in [6.07, 6.45) is 7.79. The summed E-state index contributed by atoms with van der Waals surface area (Å²) in [7, 11) is -3.73. The Morgan fingerprint density at radius 2 is 1.76 bits per heavy atom. The Kier molecular flexibility index (Phi) is 3.67. The van der Waals surface area contributed by atoms with Gasteiger partial charge in [-0.15, -0.1) is 11.3 Å². The summed E-state index contributed by atoms with van der Waals surface area (Å²) in [5.41, 5.74) is 2.15. The lowest BCUT2D eigenvalue weighted by Gasteiger charge is -2.56. The molecule has 1 atom stereocenters. The third kappa shape index (κ3) is 2.58. The summed E-state index contributed by atoms with van der Waals surface area (Å²) in [6.45, 7) is 0. The second-order valence-corrected chi connectivity index (χ2v) is 11.7. The number of nitriles is 1. The molecule has 0 N–H and O–H groups in total. The van der Waals surface area contributed by atoms with E-state index < -0.39 is 15.9 Å². The molecule has 5 nitrogen and oxygen atoms in total. The second-order valence-electron chi connectivity index (χ2n) is 9.28. The molecule has 0 spiro atoms. The van der Waals surface area contributed by atoms with E-state index in [9.17, 15) is 13.7 Å². The van der Waals surface area contributed by atoms with Gasteiger partial charge in [-0.2, -0.15) is 18.1 Å². The van der Waals surface area contributed by atoms with E-state index in [4.69, 9.17) is 4.98 Å². The average Bonchev–Trinajstić information content (AvgIpc) is 3.26. The van der Waals surface area contributed by atoms with E-state index in [-0.39, 0.29) is 10.3 Å². The van der Waals surface area contributed by atoms with Crippen LogP contribution in [0, 0.1) is 29.1 Å². The van der Waals surface area contributed by atoms with Crippen molar-refractivity contribution in [3.05, 3.63) is 45.9 Å². The largest absolute Gasteiger partial charge is 0.283 e. The van der Waals surface area contributed by atoms with Crippen LogP contribution in [0.15, 0.2) is 38.9 Å². The number of hydrogen-bond donors (Lipinski definition) is 0. The van der Waals surface area contributed by atoms with Crippen LogP contribution in [0.2, 0.25) is 0 Å². The lowest BCUT2D eigenvalue weighted by Crippen LogP contribution is -2.48. The van der Waals surface area contributed by atoms with Crippen molar-refractivity contribution >= 4 is 27.1 Å². The molecule has 5 aliphatic rings. The molecule has 4 aliphatic carbocycles. The Labute approximate surface area is 174 Å². The summed E-state index contributed by atoms with van der Waals surface area (Å²) in [5, 5.41) is 12.7. The number of hydrogen-bond acceptors (Lipinski definition) is 5. The van der Waals surface area contributed by atoms with Gasteiger partial charge in [0.25, 0.3) is 10.0 Å². The topological polar surface area (TPSA) is 83.2 Å². The average molecular weight is 424 g/mol. The first-order valence-corrected chi connectivity index (χ1v) is 12.6. The second kappa shape index (κ2) is 5.99. The van der Waals surface area contributed by atoms with Gasteiger partial charge in [0, 0.05) is 16.4 Å². The number of thiazole rings is 1. The Morgan fingerprint density at radius 1 is 1.10 bits per heavy atom. The van der Waals surface area contributed by atoms with Crippen molar-refractivity contribution in [2.45, 2.75) is 54.8 Å². The Morgan fingerprint density at radius 3 is 2.41 bits per heavy atom. The maximum Gasteiger partial charge on any atom is 0.283 e. The van der Waals surface area contributed by atoms with Crippen molar-refractivity contribution in [3.63, 3.8) is 0 Å². The van der Waals surface area contributed by atoms with Gasteiger partial charge >= 0.3 is 0 Å². The zero-order valence-electron chi connectivity index (χ0n) is 15.9. The van der Waals surface area contributed by atoms with Crippen LogP contribution < -0.4 is 0 Å². The van der Waals surface area contributed by atoms with E-state index in [1.165, 1.54) is 49.9 Å². The summed E-state index contributed by atoms with van der Waals surface area (Å²) in [4.78, 5) is 5.15. The van der Waals surface area contributed by atoms with Crippen molar-refractivity contribution < 1.29 is 8.42 Å². The Hall–Kier alpha value is -2.04. The summed E-state index contributed by atoms with van der Waals surface area (Å²) in [5.74, 6) is 1.74. The normalized spacial score (nSPS) is 34.4. The molecule has 2 aromatic rings. The highest BCUT2D eigenvalue weighted by molar-refractivity contribution is 7.90. The molecule has 2 heterocycles. The zero-order chi connectivity index (χ0) is 19.8. The van der Waals surface area contributed by atoms with Crippen molar-refractivity contribution in [1.29, 1.82) is 5.26 Å². The smallest absolute Gasteiger partial charge is 0.244 e. The van der Waals surface area contributed by atoms with E-state index in [1.807, 2.05) is 0 Å². The summed E-state index contributed by atoms with van der Waals surface area (Å²) < 4.78 is 28.8. The van der Waals surface area contributed by atoms with Crippen LogP contribution in [0.3, 0.4) is 0 Å². The molecule has 148 valence electrons. The highest BCUT2D eigenvalue weighted by atomic mass is 32.2. The summed E-state index contributed by atoms with van der Waals surface area (Å²) >= 11 is 1.48. The van der Waals surface area contributed by atoms with Gasteiger partial charge in [0.15, 0.2) is 0 Å². The first kappa shape index (κ1) is 17.8. The monoisotopic (exact) mass is 423 g/mol. The molecular formula is C22H21N3O2S2. The number of aromatic nitrogens is 1. The number of benzene rings is 1. The maximum atomic E-state index is 12.4. The van der Waals surface area contributed by atoms with Crippen LogP contribution in [0.5, 0.6) is 0 Å². The van der Waals surface area contributed by atoms with Crippen LogP contribution >= 0.6 is 11.3 Å². The van der Waals surface area contributed by atoms with Crippen LogP contribution in [0.4, 0.5) is 0 Å². The third-order valence-electron chi connectivity index (χ3n) is 7.41. The first-order valence-electron chi connectivity index (χ1n) is 10.3. The minimum atomic E-state index is -3.73. The predicted molar refractivity (Wildman–Crippen MR) is 110 cm³/mol. The molecule has 4 saturated carbocycles. The molecule has 4 bridgehead atoms. The van der Waals surface area contributed by atoms with Crippen LogP contribution in [-0.4, -0.2) is 19.1 Å². The van der Waals surface area contributed by atoms with Gasteiger partial charge in [-0.05, 0) is 62.3 Å². The standard InChI is InChI=1S/C22H21N3O2S2/c23-11-17(20-16-3-1-2-4-18(16)29(26,27)25-20)21-24-19(12-28-21)22-8-13-5-14(9-22)7-15(6-13)10-22/h1-4,12-15,17H,5-10H2. The van der Waals surface area contributed by atoms with Gasteiger partial charge in [0.05, 0.1) is 22.4 Å². The highest BCUT2D eigenvalue weighted by Gasteiger charge is 2.52. The molecule has 1 aromatic heterocycles. The quantitative estimate of drug-likeness (QED) is 0.732. The predicted octanol–water partition coefficient (Wildman–Crippen LogP) is 4.41. The van der Waals surface area contributed by atoms with E-state index in [1.54, 1.807) is 24.3 Å². The Bertz CT molecular complexity index is 1150. The molecule has 1 aromatic carbocycles. The van der Waals surface area contributed by atoms with Crippen LogP contribution in [0.25, 0.3) is 0 Å². The van der Waals surface area contributed by atoms with Crippen LogP contribution in [-0.2, 0) is 15.4 Å². The molecule has 1 unspecified atom stereocenters. The Balaban J connectivity index is 1.39. The molecule has 4 fully saturated rings. The number of rotatable bonds is 3. The van der Waals surface area contributed by atoms with Crippen molar-refractivity contribution in [2.75, 3.05) is 0 Å². The third-order valence-corrected chi connectivity index (χ3v) is 9.67. The van der Waals surface area contributed by atoms with E-state index in [2.05, 4.69) is 15.8 Å². The van der Waals surface area contributed by atoms with E-state index >= 15 is 0 Å². The minimum Gasteiger partial charge on any atom is -0.244 e. The lowest BCUT2D eigenvalue weighted by atomic mass is 9.49. The molecular weight excluding hydrogens is 402 g/mol. The molecule has 0 radical (unpaired) electrons. The molecule has 0 saturated heterocycles. The van der Waals surface area contributed by atoms with Gasteiger partial charge in [0.1, 0.15) is 10.9 Å². The van der Waals surface area contributed by atoms with Crippen molar-refractivity contribution in [3.8, 4) is 6.07 Å². The number of nitrogens with zero attached hydrogens (tertiary/aromatic N) is 3. The van der Waals surface area contributed by atoms with Gasteiger partial charge in [-0.3, -0.25) is 0 Å². The SMILES string of the molecule is N#CC(C1=NS(=O)(=O)c2ccccc21)c1nc(C23CC4CC(CC(C4)C2)C3)cs1. The molecule has 7 rings (SSSR count). The van der Waals surface area contributed by atoms with Gasteiger partial charge in [0.2, 0.25) is 0 Å². The van der Waals surface area contributed by atoms with E-state index in [0.29, 0.717) is 16.3 Å². The molecule has 7 heteroatoms. The minimum absolute atomic E-state index is 0.172. The van der Waals surface area contributed by atoms with Gasteiger partial charge in [-0.25, -0.2) is 4.98 Å². The lowest BCUT2D eigenvalue weighted by molar-refractivity contribution is -0.00698. The molecule has 1 aliphatic heterocycles. The van der Waals surface area contributed by atoms with Crippen molar-refractivity contribution in [1.82, 2.24) is 4.98 Å². The van der Waals surface area contributed by atoms with E-state index in [0.717, 1.165) is 23.4 Å². The van der Waals surface area contributed by atoms with Crippen molar-refractivity contribution in [2.24, 2.45) is 22.2 Å². The molecule has 29 heavy (non-hydrogen) atoms. The first-order chi connectivity index (χ1) is 14.0. The van der Waals surface area contributed by atoms with Crippen LogP contribution in [0.1, 0.15) is 60.7 Å². The fraction of sp³-hybridized carbons (Fsp3) is 0.500. The van der Waals surface area contributed by atoms with Gasteiger partial charge < -0.3 is 0 Å². The highest BCUT2D eigenvalue weighted by Crippen LogP contribution is 2.60. The fourth-order valence-electron chi connectivity index (χ4n) is 6.66. The summed E-state index contributed by atoms with van der Waals surface area (Å²) in [6, 6.07) is 9.03. The maximum absolute atomic E-state index is 12.4. The van der Waals surface area contributed by atoms with Gasteiger partial charge in [-0.1, -0.05) is 18.2 Å².